The van der Waals surface area contributed by atoms with Crippen molar-refractivity contribution < 1.29 is 0 Å². The van der Waals surface area contributed by atoms with Gasteiger partial charge in [-0.15, -0.1) is 0 Å². The Kier molecular flexibility index (Phi) is 5.61. The molecule has 1 aliphatic carbocycles. The van der Waals surface area contributed by atoms with Gasteiger partial charge < -0.3 is 11.1 Å². The van der Waals surface area contributed by atoms with Crippen LogP contribution in [0.3, 0.4) is 0 Å². The monoisotopic (exact) mass is 357 g/mol. The molecule has 0 aliphatic heterocycles. The summed E-state index contributed by atoms with van der Waals surface area (Å²) in [4.78, 5) is 4.47. The van der Waals surface area contributed by atoms with E-state index in [1.165, 1.54) is 47.1 Å². The van der Waals surface area contributed by atoms with Gasteiger partial charge in [-0.2, -0.15) is 0 Å². The molecular formula is C24H27N3. The average molecular weight is 358 g/mol. The molecule has 1 atom stereocenters. The molecule has 0 fully saturated rings. The first-order chi connectivity index (χ1) is 13.3. The van der Waals surface area contributed by atoms with Gasteiger partial charge in [0.2, 0.25) is 0 Å². The zero-order chi connectivity index (χ0) is 18.5. The van der Waals surface area contributed by atoms with Crippen molar-refractivity contribution in [2.45, 2.75) is 44.8 Å². The van der Waals surface area contributed by atoms with Gasteiger partial charge in [0.15, 0.2) is 0 Å². The summed E-state index contributed by atoms with van der Waals surface area (Å²) in [6.45, 7) is 1.44. The molecule has 3 N–H and O–H groups in total. The molecule has 0 amide bonds. The lowest BCUT2D eigenvalue weighted by Crippen LogP contribution is -2.25. The highest BCUT2D eigenvalue weighted by Crippen LogP contribution is 2.29. The van der Waals surface area contributed by atoms with Gasteiger partial charge in [0, 0.05) is 37.4 Å². The third kappa shape index (κ3) is 4.26. The molecule has 0 spiro atoms. The van der Waals surface area contributed by atoms with E-state index in [4.69, 9.17) is 5.73 Å². The van der Waals surface area contributed by atoms with Crippen LogP contribution in [0, 0.1) is 0 Å². The largest absolute Gasteiger partial charge is 0.326 e. The molecule has 1 heterocycles. The molecule has 0 radical (unpaired) electrons. The van der Waals surface area contributed by atoms with Crippen molar-refractivity contribution in [3.05, 3.63) is 100 Å². The third-order valence-electron chi connectivity index (χ3n) is 5.51. The summed E-state index contributed by atoms with van der Waals surface area (Å²) in [5.74, 6) is 0. The number of hydrogen-bond acceptors (Lipinski definition) is 3. The number of fused-ring (bicyclic) bond motifs is 1. The molecule has 0 bridgehead atoms. The zero-order valence-corrected chi connectivity index (χ0v) is 15.7. The summed E-state index contributed by atoms with van der Waals surface area (Å²) >= 11 is 0. The lowest BCUT2D eigenvalue weighted by Gasteiger charge is -2.26. The normalized spacial score (nSPS) is 16.1. The van der Waals surface area contributed by atoms with E-state index < -0.39 is 0 Å². The van der Waals surface area contributed by atoms with Crippen molar-refractivity contribution in [2.24, 2.45) is 5.73 Å². The number of nitrogens with zero attached hydrogens (tertiary/aromatic N) is 1. The molecule has 1 unspecified atom stereocenters. The summed E-state index contributed by atoms with van der Waals surface area (Å²) in [5.41, 5.74) is 13.8. The number of nitrogens with two attached hydrogens (primary N) is 1. The van der Waals surface area contributed by atoms with E-state index >= 15 is 0 Å². The summed E-state index contributed by atoms with van der Waals surface area (Å²) < 4.78 is 0. The number of rotatable bonds is 6. The number of benzene rings is 2. The first-order valence-electron chi connectivity index (χ1n) is 9.85. The molecule has 3 nitrogen and oxygen atoms in total. The molecule has 0 saturated heterocycles. The first kappa shape index (κ1) is 17.9. The van der Waals surface area contributed by atoms with E-state index in [2.05, 4.69) is 58.8 Å². The molecule has 3 aromatic rings. The highest BCUT2D eigenvalue weighted by molar-refractivity contribution is 5.36. The van der Waals surface area contributed by atoms with Crippen LogP contribution < -0.4 is 11.1 Å². The Morgan fingerprint density at radius 1 is 1.00 bits per heavy atom. The zero-order valence-electron chi connectivity index (χ0n) is 15.7. The predicted octanol–water partition coefficient (Wildman–Crippen LogP) is 4.30. The van der Waals surface area contributed by atoms with Crippen LogP contribution in [0.25, 0.3) is 0 Å². The third-order valence-corrected chi connectivity index (χ3v) is 5.51. The maximum atomic E-state index is 5.96. The minimum atomic E-state index is 0.448. The topological polar surface area (TPSA) is 50.9 Å². The van der Waals surface area contributed by atoms with Crippen LogP contribution in [0.15, 0.2) is 66.9 Å². The van der Waals surface area contributed by atoms with E-state index in [0.29, 0.717) is 12.6 Å². The Hall–Kier alpha value is -2.49. The Bertz CT molecular complexity index is 889. The van der Waals surface area contributed by atoms with Gasteiger partial charge in [0.05, 0.1) is 0 Å². The Balaban J connectivity index is 1.49. The average Bonchev–Trinajstić information content (AvgIpc) is 2.73. The Labute approximate surface area is 161 Å². The standard InChI is InChI=1S/C24H27N3/c25-16-20-12-11-18(14-21(20)15-22-8-3-4-13-26-22)17-27-24-10-5-7-19-6-1-2-9-23(19)24/h1-4,6,8-9,11-14,24,27H,5,7,10,15-17,25H2. The van der Waals surface area contributed by atoms with Crippen LogP contribution in [0.2, 0.25) is 0 Å². The summed E-state index contributed by atoms with van der Waals surface area (Å²) in [7, 11) is 0. The molecule has 0 saturated carbocycles. The van der Waals surface area contributed by atoms with Gasteiger partial charge in [-0.1, -0.05) is 48.5 Å². The first-order valence-corrected chi connectivity index (χ1v) is 9.85. The predicted molar refractivity (Wildman–Crippen MR) is 110 cm³/mol. The van der Waals surface area contributed by atoms with Crippen molar-refractivity contribution in [3.63, 3.8) is 0 Å². The minimum Gasteiger partial charge on any atom is -0.326 e. The second kappa shape index (κ2) is 8.47. The van der Waals surface area contributed by atoms with E-state index in [9.17, 15) is 0 Å². The fourth-order valence-electron chi connectivity index (χ4n) is 4.06. The maximum Gasteiger partial charge on any atom is 0.0447 e. The van der Waals surface area contributed by atoms with Crippen LogP contribution in [0.5, 0.6) is 0 Å². The van der Waals surface area contributed by atoms with E-state index in [0.717, 1.165) is 18.7 Å². The van der Waals surface area contributed by atoms with Crippen molar-refractivity contribution in [3.8, 4) is 0 Å². The van der Waals surface area contributed by atoms with Crippen LogP contribution >= 0.6 is 0 Å². The van der Waals surface area contributed by atoms with E-state index in [-0.39, 0.29) is 0 Å². The smallest absolute Gasteiger partial charge is 0.0447 e. The van der Waals surface area contributed by atoms with Crippen molar-refractivity contribution in [1.29, 1.82) is 0 Å². The van der Waals surface area contributed by atoms with Gasteiger partial charge in [-0.25, -0.2) is 0 Å². The van der Waals surface area contributed by atoms with Crippen LogP contribution in [-0.2, 0) is 25.9 Å². The van der Waals surface area contributed by atoms with E-state index in [1.54, 1.807) is 0 Å². The molecule has 27 heavy (non-hydrogen) atoms. The molecule has 1 aliphatic rings. The lowest BCUT2D eigenvalue weighted by atomic mass is 9.87. The quantitative estimate of drug-likeness (QED) is 0.692. The second-order valence-electron chi connectivity index (χ2n) is 7.33. The Morgan fingerprint density at radius 3 is 2.74 bits per heavy atom. The number of hydrogen-bond donors (Lipinski definition) is 2. The fraction of sp³-hybridized carbons (Fsp3) is 0.292. The van der Waals surface area contributed by atoms with Crippen LogP contribution in [0.1, 0.15) is 52.4 Å². The fourth-order valence-corrected chi connectivity index (χ4v) is 4.06. The molecule has 2 aromatic carbocycles. The van der Waals surface area contributed by atoms with Gasteiger partial charge in [0.1, 0.15) is 0 Å². The summed E-state index contributed by atoms with van der Waals surface area (Å²) in [6, 6.07) is 22.0. The summed E-state index contributed by atoms with van der Waals surface area (Å²) in [6.07, 6.45) is 6.34. The van der Waals surface area contributed by atoms with Gasteiger partial charge in [0.25, 0.3) is 0 Å². The van der Waals surface area contributed by atoms with Crippen LogP contribution in [0.4, 0.5) is 0 Å². The van der Waals surface area contributed by atoms with Gasteiger partial charge in [-0.3, -0.25) is 4.98 Å². The number of aromatic nitrogens is 1. The van der Waals surface area contributed by atoms with Gasteiger partial charge >= 0.3 is 0 Å². The second-order valence-corrected chi connectivity index (χ2v) is 7.33. The SMILES string of the molecule is NCc1ccc(CNC2CCCc3ccccc32)cc1Cc1ccccn1. The molecule has 4 rings (SSSR count). The van der Waals surface area contributed by atoms with E-state index in [1.807, 2.05) is 18.3 Å². The number of pyridine rings is 1. The minimum absolute atomic E-state index is 0.448. The lowest BCUT2D eigenvalue weighted by molar-refractivity contribution is 0.459. The molecule has 1 aromatic heterocycles. The molecule has 3 heteroatoms. The van der Waals surface area contributed by atoms with Crippen molar-refractivity contribution >= 4 is 0 Å². The van der Waals surface area contributed by atoms with Gasteiger partial charge in [-0.05, 0) is 59.2 Å². The number of nitrogens with one attached hydrogen (secondary N) is 1. The van der Waals surface area contributed by atoms with Crippen molar-refractivity contribution in [2.75, 3.05) is 0 Å². The highest BCUT2D eigenvalue weighted by atomic mass is 14.9. The molecule has 138 valence electrons. The van der Waals surface area contributed by atoms with Crippen molar-refractivity contribution in [1.82, 2.24) is 10.3 Å². The number of aryl methyl sites for hydroxylation is 1. The Morgan fingerprint density at radius 2 is 1.89 bits per heavy atom. The van der Waals surface area contributed by atoms with Crippen LogP contribution in [-0.4, -0.2) is 4.98 Å². The summed E-state index contributed by atoms with van der Waals surface area (Å²) in [5, 5.41) is 3.78. The maximum absolute atomic E-state index is 5.96. The highest BCUT2D eigenvalue weighted by Gasteiger charge is 2.19. The molecular weight excluding hydrogens is 330 g/mol.